The SMILES string of the molecule is C[C@H](O)c1nc2cccc(Cl)c2c(=O)n1-c1cccc(NC(=O)NCCO)c1. The Balaban J connectivity index is 2.13. The van der Waals surface area contributed by atoms with Crippen molar-refractivity contribution in [3.05, 3.63) is 63.7 Å². The lowest BCUT2D eigenvalue weighted by Gasteiger charge is -2.16. The monoisotopic (exact) mass is 402 g/mol. The normalized spacial score (nSPS) is 12.0. The highest BCUT2D eigenvalue weighted by Gasteiger charge is 2.18. The van der Waals surface area contributed by atoms with Gasteiger partial charge in [0.2, 0.25) is 0 Å². The van der Waals surface area contributed by atoms with Gasteiger partial charge in [0, 0.05) is 12.2 Å². The van der Waals surface area contributed by atoms with Crippen LogP contribution in [0.15, 0.2) is 47.3 Å². The number of aliphatic hydroxyl groups is 2. The molecule has 0 saturated heterocycles. The molecule has 0 saturated carbocycles. The van der Waals surface area contributed by atoms with E-state index in [0.717, 1.165) is 0 Å². The van der Waals surface area contributed by atoms with Crippen LogP contribution in [0.5, 0.6) is 0 Å². The number of hydrogen-bond donors (Lipinski definition) is 4. The van der Waals surface area contributed by atoms with Crippen molar-refractivity contribution in [2.75, 3.05) is 18.5 Å². The molecule has 2 amide bonds. The maximum Gasteiger partial charge on any atom is 0.319 e. The summed E-state index contributed by atoms with van der Waals surface area (Å²) >= 11 is 6.20. The van der Waals surface area contributed by atoms with Gasteiger partial charge in [0.15, 0.2) is 0 Å². The molecule has 0 aliphatic rings. The van der Waals surface area contributed by atoms with E-state index in [1.807, 2.05) is 0 Å². The van der Waals surface area contributed by atoms with Crippen molar-refractivity contribution >= 4 is 34.2 Å². The van der Waals surface area contributed by atoms with Crippen molar-refractivity contribution < 1.29 is 15.0 Å². The van der Waals surface area contributed by atoms with E-state index < -0.39 is 17.7 Å². The summed E-state index contributed by atoms with van der Waals surface area (Å²) in [5.74, 6) is 0.154. The van der Waals surface area contributed by atoms with Crippen molar-refractivity contribution in [1.82, 2.24) is 14.9 Å². The van der Waals surface area contributed by atoms with Gasteiger partial charge in [-0.25, -0.2) is 9.78 Å². The molecule has 0 bridgehead atoms. The number of urea groups is 1. The summed E-state index contributed by atoms with van der Waals surface area (Å²) in [6.45, 7) is 1.45. The average molecular weight is 403 g/mol. The topological polar surface area (TPSA) is 116 Å². The Labute approximate surface area is 165 Å². The third-order valence-electron chi connectivity index (χ3n) is 4.01. The first-order valence-corrected chi connectivity index (χ1v) is 8.95. The number of halogens is 1. The summed E-state index contributed by atoms with van der Waals surface area (Å²) in [6, 6.07) is 11.0. The molecule has 0 spiro atoms. The van der Waals surface area contributed by atoms with Gasteiger partial charge in [0.1, 0.15) is 11.9 Å². The minimum atomic E-state index is -1.01. The lowest BCUT2D eigenvalue weighted by atomic mass is 10.2. The zero-order chi connectivity index (χ0) is 20.3. The maximum absolute atomic E-state index is 13.1. The van der Waals surface area contributed by atoms with Crippen LogP contribution in [0, 0.1) is 0 Å². The summed E-state index contributed by atoms with van der Waals surface area (Å²) in [7, 11) is 0. The highest BCUT2D eigenvalue weighted by atomic mass is 35.5. The molecule has 0 unspecified atom stereocenters. The summed E-state index contributed by atoms with van der Waals surface area (Å²) in [5, 5.41) is 24.5. The molecule has 1 heterocycles. The van der Waals surface area contributed by atoms with E-state index in [0.29, 0.717) is 16.9 Å². The molecule has 9 heteroatoms. The van der Waals surface area contributed by atoms with Crippen LogP contribution in [0.1, 0.15) is 18.9 Å². The Bertz CT molecular complexity index is 1080. The molecule has 146 valence electrons. The second-order valence-corrected chi connectivity index (χ2v) is 6.48. The molecule has 28 heavy (non-hydrogen) atoms. The highest BCUT2D eigenvalue weighted by molar-refractivity contribution is 6.35. The first kappa shape index (κ1) is 19.8. The number of aliphatic hydroxyl groups excluding tert-OH is 2. The van der Waals surface area contributed by atoms with E-state index in [4.69, 9.17) is 16.7 Å². The van der Waals surface area contributed by atoms with E-state index >= 15 is 0 Å². The van der Waals surface area contributed by atoms with Crippen molar-refractivity contribution in [3.8, 4) is 5.69 Å². The van der Waals surface area contributed by atoms with E-state index in [-0.39, 0.29) is 29.4 Å². The quantitative estimate of drug-likeness (QED) is 0.522. The van der Waals surface area contributed by atoms with Crippen LogP contribution in [-0.4, -0.2) is 38.9 Å². The van der Waals surface area contributed by atoms with Gasteiger partial charge in [-0.1, -0.05) is 23.7 Å². The van der Waals surface area contributed by atoms with Gasteiger partial charge in [-0.15, -0.1) is 0 Å². The predicted octanol–water partition coefficient (Wildman–Crippen LogP) is 2.21. The highest BCUT2D eigenvalue weighted by Crippen LogP contribution is 2.23. The molecule has 0 radical (unpaired) electrons. The fraction of sp³-hybridized carbons (Fsp3) is 0.211. The zero-order valence-electron chi connectivity index (χ0n) is 15.0. The lowest BCUT2D eigenvalue weighted by Crippen LogP contribution is -2.31. The van der Waals surface area contributed by atoms with Crippen LogP contribution in [-0.2, 0) is 0 Å². The Morgan fingerprint density at radius 2 is 2.04 bits per heavy atom. The van der Waals surface area contributed by atoms with Crippen molar-refractivity contribution in [3.63, 3.8) is 0 Å². The number of benzene rings is 2. The van der Waals surface area contributed by atoms with Gasteiger partial charge in [0.05, 0.1) is 28.2 Å². The second-order valence-electron chi connectivity index (χ2n) is 6.08. The summed E-state index contributed by atoms with van der Waals surface area (Å²) < 4.78 is 1.27. The van der Waals surface area contributed by atoms with Crippen molar-refractivity contribution in [1.29, 1.82) is 0 Å². The zero-order valence-corrected chi connectivity index (χ0v) is 15.8. The molecule has 2 aromatic carbocycles. The summed E-state index contributed by atoms with van der Waals surface area (Å²) in [4.78, 5) is 29.4. The number of carbonyl (C=O) groups is 1. The van der Waals surface area contributed by atoms with Gasteiger partial charge in [-0.2, -0.15) is 0 Å². The van der Waals surface area contributed by atoms with Crippen LogP contribution < -0.4 is 16.2 Å². The second kappa shape index (κ2) is 8.39. The molecule has 1 aromatic heterocycles. The van der Waals surface area contributed by atoms with Gasteiger partial charge in [0.25, 0.3) is 5.56 Å². The number of rotatable bonds is 5. The number of nitrogens with zero attached hydrogens (tertiary/aromatic N) is 2. The first-order chi connectivity index (χ1) is 13.4. The molecule has 0 aliphatic heterocycles. The van der Waals surface area contributed by atoms with E-state index in [1.54, 1.807) is 42.5 Å². The first-order valence-electron chi connectivity index (χ1n) is 8.57. The number of aromatic nitrogens is 2. The van der Waals surface area contributed by atoms with E-state index in [1.165, 1.54) is 11.5 Å². The van der Waals surface area contributed by atoms with Crippen molar-refractivity contribution in [2.24, 2.45) is 0 Å². The van der Waals surface area contributed by atoms with Gasteiger partial charge >= 0.3 is 6.03 Å². The van der Waals surface area contributed by atoms with Gasteiger partial charge < -0.3 is 20.8 Å². The van der Waals surface area contributed by atoms with E-state index in [2.05, 4.69) is 15.6 Å². The van der Waals surface area contributed by atoms with Crippen LogP contribution >= 0.6 is 11.6 Å². The average Bonchev–Trinajstić information content (AvgIpc) is 2.66. The smallest absolute Gasteiger partial charge is 0.319 e. The van der Waals surface area contributed by atoms with Crippen LogP contribution in [0.25, 0.3) is 16.6 Å². The maximum atomic E-state index is 13.1. The fourth-order valence-corrected chi connectivity index (χ4v) is 3.05. The number of anilines is 1. The number of fused-ring (bicyclic) bond motifs is 1. The molecule has 8 nitrogen and oxygen atoms in total. The van der Waals surface area contributed by atoms with Crippen LogP contribution in [0.4, 0.5) is 10.5 Å². The van der Waals surface area contributed by atoms with E-state index in [9.17, 15) is 14.7 Å². The molecule has 0 fully saturated rings. The van der Waals surface area contributed by atoms with Gasteiger partial charge in [-0.05, 0) is 37.3 Å². The Morgan fingerprint density at radius 3 is 2.75 bits per heavy atom. The lowest BCUT2D eigenvalue weighted by molar-refractivity contribution is 0.186. The molecule has 4 N–H and O–H groups in total. The third kappa shape index (κ3) is 3.99. The summed E-state index contributed by atoms with van der Waals surface area (Å²) in [6.07, 6.45) is -1.01. The number of amides is 2. The Hall–Kier alpha value is -2.94. The molecule has 3 aromatic rings. The minimum absolute atomic E-state index is 0.115. The van der Waals surface area contributed by atoms with Crippen molar-refractivity contribution in [2.45, 2.75) is 13.0 Å². The predicted molar refractivity (Wildman–Crippen MR) is 107 cm³/mol. The fourth-order valence-electron chi connectivity index (χ4n) is 2.80. The molecular weight excluding hydrogens is 384 g/mol. The molecule has 1 atom stereocenters. The number of carbonyl (C=O) groups excluding carboxylic acids is 1. The minimum Gasteiger partial charge on any atom is -0.395 e. The Kier molecular flexibility index (Phi) is 5.93. The van der Waals surface area contributed by atoms with Gasteiger partial charge in [-0.3, -0.25) is 9.36 Å². The van der Waals surface area contributed by atoms with Crippen LogP contribution in [0.3, 0.4) is 0 Å². The largest absolute Gasteiger partial charge is 0.395 e. The summed E-state index contributed by atoms with van der Waals surface area (Å²) in [5.41, 5.74) is 0.807. The number of hydrogen-bond acceptors (Lipinski definition) is 5. The number of nitrogens with one attached hydrogen (secondary N) is 2. The Morgan fingerprint density at radius 1 is 1.29 bits per heavy atom. The third-order valence-corrected chi connectivity index (χ3v) is 4.32. The molecular formula is C19H19ClN4O4. The van der Waals surface area contributed by atoms with Crippen LogP contribution in [0.2, 0.25) is 5.02 Å². The molecule has 0 aliphatic carbocycles. The standard InChI is InChI=1S/C19H19ClN4O4/c1-11(26)17-23-15-7-3-6-14(20)16(15)18(27)24(17)13-5-2-4-12(10-13)22-19(28)21-8-9-25/h2-7,10-11,25-26H,8-9H2,1H3,(H2,21,22,28)/t11-/m0/s1. The molecule has 3 rings (SSSR count).